The van der Waals surface area contributed by atoms with E-state index in [-0.39, 0.29) is 30.2 Å². The number of piperidine rings is 1. The zero-order valence-electron chi connectivity index (χ0n) is 16.5. The second-order valence-electron chi connectivity index (χ2n) is 8.55. The summed E-state index contributed by atoms with van der Waals surface area (Å²) in [6, 6.07) is 8.45. The first-order valence-electron chi connectivity index (χ1n) is 10.6. The zero-order chi connectivity index (χ0) is 19.5. The van der Waals surface area contributed by atoms with Gasteiger partial charge in [0.1, 0.15) is 0 Å². The van der Waals surface area contributed by atoms with Crippen LogP contribution in [-0.2, 0) is 22.6 Å². The van der Waals surface area contributed by atoms with Crippen molar-refractivity contribution >= 4 is 11.8 Å². The van der Waals surface area contributed by atoms with Crippen molar-refractivity contribution in [3.63, 3.8) is 0 Å². The van der Waals surface area contributed by atoms with Crippen LogP contribution in [0.3, 0.4) is 0 Å². The first-order valence-corrected chi connectivity index (χ1v) is 10.6. The molecule has 1 saturated carbocycles. The molecule has 2 fully saturated rings. The summed E-state index contributed by atoms with van der Waals surface area (Å²) < 4.78 is 0. The molecule has 2 amide bonds. The quantitative estimate of drug-likeness (QED) is 0.771. The maximum atomic E-state index is 12.5. The fraction of sp³-hybridized carbons (Fsp3) is 0.636. The lowest BCUT2D eigenvalue weighted by Gasteiger charge is -2.33. The van der Waals surface area contributed by atoms with Crippen LogP contribution < -0.4 is 5.32 Å². The van der Waals surface area contributed by atoms with E-state index in [1.165, 1.54) is 11.1 Å². The number of likely N-dealkylation sites (tertiary alicyclic amines) is 1. The molecule has 6 heteroatoms. The molecule has 2 heterocycles. The van der Waals surface area contributed by atoms with E-state index in [4.69, 9.17) is 0 Å². The molecule has 28 heavy (non-hydrogen) atoms. The van der Waals surface area contributed by atoms with E-state index in [0.717, 1.165) is 51.7 Å². The van der Waals surface area contributed by atoms with E-state index in [1.54, 1.807) is 0 Å². The predicted molar refractivity (Wildman–Crippen MR) is 106 cm³/mol. The Morgan fingerprint density at radius 1 is 1.11 bits per heavy atom. The summed E-state index contributed by atoms with van der Waals surface area (Å²) in [5.41, 5.74) is 2.72. The van der Waals surface area contributed by atoms with E-state index in [2.05, 4.69) is 34.5 Å². The predicted octanol–water partition coefficient (Wildman–Crippen LogP) is 1.17. The van der Waals surface area contributed by atoms with Gasteiger partial charge in [0.2, 0.25) is 11.8 Å². The largest absolute Gasteiger partial charge is 0.390 e. The molecule has 3 aliphatic rings. The third-order valence-corrected chi connectivity index (χ3v) is 6.22. The lowest BCUT2D eigenvalue weighted by Crippen LogP contribution is -2.48. The van der Waals surface area contributed by atoms with Crippen LogP contribution in [0.5, 0.6) is 0 Å². The number of rotatable bonds is 6. The summed E-state index contributed by atoms with van der Waals surface area (Å²) in [5, 5.41) is 13.3. The molecule has 1 aromatic carbocycles. The number of aliphatic hydroxyl groups is 1. The number of fused-ring (bicyclic) bond motifs is 1. The third-order valence-electron chi connectivity index (χ3n) is 6.22. The van der Waals surface area contributed by atoms with Gasteiger partial charge in [0, 0.05) is 45.2 Å². The normalized spacial score (nSPS) is 23.8. The number of benzene rings is 1. The van der Waals surface area contributed by atoms with Gasteiger partial charge in [-0.2, -0.15) is 0 Å². The molecule has 4 rings (SSSR count). The van der Waals surface area contributed by atoms with Gasteiger partial charge in [-0.05, 0) is 43.2 Å². The minimum absolute atomic E-state index is 0.0312. The van der Waals surface area contributed by atoms with Gasteiger partial charge < -0.3 is 15.3 Å². The minimum atomic E-state index is -0.581. The monoisotopic (exact) mass is 385 g/mol. The number of amides is 2. The van der Waals surface area contributed by atoms with Crippen LogP contribution in [0.2, 0.25) is 0 Å². The van der Waals surface area contributed by atoms with Crippen molar-refractivity contribution in [1.29, 1.82) is 0 Å². The number of aliphatic hydroxyl groups excluding tert-OH is 1. The molecule has 2 N–H and O–H groups in total. The van der Waals surface area contributed by atoms with Gasteiger partial charge in [-0.15, -0.1) is 0 Å². The van der Waals surface area contributed by atoms with Gasteiger partial charge >= 0.3 is 0 Å². The Bertz CT molecular complexity index is 719. The first kappa shape index (κ1) is 19.4. The summed E-state index contributed by atoms with van der Waals surface area (Å²) >= 11 is 0. The van der Waals surface area contributed by atoms with Crippen LogP contribution in [-0.4, -0.2) is 65.5 Å². The minimum Gasteiger partial charge on any atom is -0.390 e. The molecule has 152 valence electrons. The van der Waals surface area contributed by atoms with Crippen molar-refractivity contribution in [3.05, 3.63) is 35.4 Å². The average molecular weight is 386 g/mol. The standard InChI is InChI=1S/C22H31N3O3/c26-20(15-24-11-9-16-4-1-2-5-18(16)13-24)12-23-21(27)19-6-3-10-25(14-19)22(28)17-7-8-17/h1-2,4-5,17,19-20,26H,3,6-15H2,(H,23,27). The molecule has 1 aliphatic carbocycles. The van der Waals surface area contributed by atoms with E-state index >= 15 is 0 Å². The molecule has 0 radical (unpaired) electrons. The second kappa shape index (κ2) is 8.62. The van der Waals surface area contributed by atoms with Gasteiger partial charge in [-0.25, -0.2) is 0 Å². The van der Waals surface area contributed by atoms with Gasteiger partial charge in [-0.3, -0.25) is 14.5 Å². The molecular weight excluding hydrogens is 354 g/mol. The summed E-state index contributed by atoms with van der Waals surface area (Å²) in [7, 11) is 0. The molecule has 2 aliphatic heterocycles. The highest BCUT2D eigenvalue weighted by Gasteiger charge is 2.36. The van der Waals surface area contributed by atoms with Crippen LogP contribution in [0.15, 0.2) is 24.3 Å². The van der Waals surface area contributed by atoms with Crippen molar-refractivity contribution < 1.29 is 14.7 Å². The van der Waals surface area contributed by atoms with Crippen LogP contribution in [0.4, 0.5) is 0 Å². The van der Waals surface area contributed by atoms with Gasteiger partial charge in [0.05, 0.1) is 12.0 Å². The molecule has 0 spiro atoms. The number of β-amino-alcohol motifs (C(OH)–C–C–N with tert-alkyl or cyclic N) is 1. The molecule has 0 aromatic heterocycles. The van der Waals surface area contributed by atoms with Crippen LogP contribution in [0.1, 0.15) is 36.8 Å². The Morgan fingerprint density at radius 3 is 2.68 bits per heavy atom. The van der Waals surface area contributed by atoms with E-state index in [0.29, 0.717) is 13.1 Å². The number of carbonyl (C=O) groups is 2. The summed E-state index contributed by atoms with van der Waals surface area (Å²) in [6.07, 6.45) is 4.12. The Balaban J connectivity index is 1.20. The molecule has 6 nitrogen and oxygen atoms in total. The van der Waals surface area contributed by atoms with Crippen molar-refractivity contribution in [3.8, 4) is 0 Å². The first-order chi connectivity index (χ1) is 13.6. The van der Waals surface area contributed by atoms with Gasteiger partial charge in [0.25, 0.3) is 0 Å². The highest BCUT2D eigenvalue weighted by Crippen LogP contribution is 2.32. The van der Waals surface area contributed by atoms with Crippen molar-refractivity contribution in [2.45, 2.75) is 44.8 Å². The molecule has 1 saturated heterocycles. The van der Waals surface area contributed by atoms with Crippen LogP contribution >= 0.6 is 0 Å². The molecular formula is C22H31N3O3. The number of hydrogen-bond acceptors (Lipinski definition) is 4. The Kier molecular flexibility index (Phi) is 5.97. The maximum Gasteiger partial charge on any atom is 0.225 e. The number of nitrogens with one attached hydrogen (secondary N) is 1. The molecule has 0 bridgehead atoms. The van der Waals surface area contributed by atoms with Crippen molar-refractivity contribution in [1.82, 2.24) is 15.1 Å². The average Bonchev–Trinajstić information content (AvgIpc) is 3.57. The fourth-order valence-electron chi connectivity index (χ4n) is 4.42. The highest BCUT2D eigenvalue weighted by molar-refractivity contribution is 5.83. The lowest BCUT2D eigenvalue weighted by molar-refractivity contribution is -0.136. The SMILES string of the molecule is O=C(NCC(O)CN1CCc2ccccc2C1)C1CCCN(C(=O)C2CC2)C1. The Morgan fingerprint density at radius 2 is 1.89 bits per heavy atom. The lowest BCUT2D eigenvalue weighted by atomic mass is 9.96. The third kappa shape index (κ3) is 4.73. The zero-order valence-corrected chi connectivity index (χ0v) is 16.5. The molecule has 2 atom stereocenters. The topological polar surface area (TPSA) is 72.9 Å². The molecule has 1 aromatic rings. The van der Waals surface area contributed by atoms with Crippen LogP contribution in [0, 0.1) is 11.8 Å². The number of hydrogen-bond donors (Lipinski definition) is 2. The summed E-state index contributed by atoms with van der Waals surface area (Å²) in [4.78, 5) is 28.9. The molecule has 2 unspecified atom stereocenters. The second-order valence-corrected chi connectivity index (χ2v) is 8.55. The van der Waals surface area contributed by atoms with Crippen LogP contribution in [0.25, 0.3) is 0 Å². The van der Waals surface area contributed by atoms with Gasteiger partial charge in [0.15, 0.2) is 0 Å². The Labute approximate surface area is 166 Å². The summed E-state index contributed by atoms with van der Waals surface area (Å²) in [5.74, 6) is 0.253. The Hall–Kier alpha value is -1.92. The maximum absolute atomic E-state index is 12.5. The van der Waals surface area contributed by atoms with E-state index in [9.17, 15) is 14.7 Å². The summed E-state index contributed by atoms with van der Waals surface area (Å²) in [6.45, 7) is 3.92. The highest BCUT2D eigenvalue weighted by atomic mass is 16.3. The number of carbonyl (C=O) groups excluding carboxylic acids is 2. The van der Waals surface area contributed by atoms with Crippen molar-refractivity contribution in [2.75, 3.05) is 32.7 Å². The fourth-order valence-corrected chi connectivity index (χ4v) is 4.42. The van der Waals surface area contributed by atoms with E-state index in [1.807, 2.05) is 4.90 Å². The van der Waals surface area contributed by atoms with E-state index < -0.39 is 6.10 Å². The van der Waals surface area contributed by atoms with Crippen molar-refractivity contribution in [2.24, 2.45) is 11.8 Å². The smallest absolute Gasteiger partial charge is 0.225 e. The number of nitrogens with zero attached hydrogens (tertiary/aromatic N) is 2. The van der Waals surface area contributed by atoms with Gasteiger partial charge in [-0.1, -0.05) is 24.3 Å².